The molecule has 4 nitrogen and oxygen atoms in total. The molecule has 1 aromatic rings. The van der Waals surface area contributed by atoms with E-state index < -0.39 is 0 Å². The number of nitriles is 1. The Morgan fingerprint density at radius 3 is 2.74 bits per heavy atom. The van der Waals surface area contributed by atoms with Gasteiger partial charge < -0.3 is 11.1 Å². The van der Waals surface area contributed by atoms with E-state index in [1.54, 1.807) is 0 Å². The van der Waals surface area contributed by atoms with Crippen molar-refractivity contribution in [3.05, 3.63) is 52.4 Å². The fourth-order valence-corrected chi connectivity index (χ4v) is 2.82. The zero-order valence-electron chi connectivity index (χ0n) is 10.9. The van der Waals surface area contributed by atoms with Gasteiger partial charge >= 0.3 is 0 Å². The van der Waals surface area contributed by atoms with Crippen LogP contribution in [0.5, 0.6) is 0 Å². The lowest BCUT2D eigenvalue weighted by Crippen LogP contribution is -2.32. The highest BCUT2D eigenvalue weighted by atomic mass is 15.0. The third kappa shape index (κ3) is 1.55. The zero-order chi connectivity index (χ0) is 13.6. The summed E-state index contributed by atoms with van der Waals surface area (Å²) in [5.41, 5.74) is 11.5. The van der Waals surface area contributed by atoms with E-state index in [9.17, 15) is 5.26 Å². The Hall–Kier alpha value is -2.54. The smallest absolute Gasteiger partial charge is 0.130 e. The predicted octanol–water partition coefficient (Wildman–Crippen LogP) is 2.45. The average molecular weight is 250 g/mol. The lowest BCUT2D eigenvalue weighted by atomic mass is 9.78. The molecule has 1 atom stereocenters. The van der Waals surface area contributed by atoms with Gasteiger partial charge in [-0.3, -0.25) is 0 Å². The molecule has 1 aromatic carbocycles. The van der Waals surface area contributed by atoms with Crippen LogP contribution in [0.15, 0.2) is 51.8 Å². The molecule has 0 bridgehead atoms. The first-order valence-electron chi connectivity index (χ1n) is 6.15. The van der Waals surface area contributed by atoms with Gasteiger partial charge in [-0.2, -0.15) is 5.26 Å². The lowest BCUT2D eigenvalue weighted by Gasteiger charge is -2.32. The van der Waals surface area contributed by atoms with E-state index in [1.807, 2.05) is 38.1 Å². The maximum absolute atomic E-state index is 9.45. The van der Waals surface area contributed by atoms with Gasteiger partial charge in [0.15, 0.2) is 0 Å². The average Bonchev–Trinajstić information content (AvgIpc) is 2.38. The van der Waals surface area contributed by atoms with Crippen LogP contribution in [0.2, 0.25) is 0 Å². The monoisotopic (exact) mass is 250 g/mol. The summed E-state index contributed by atoms with van der Waals surface area (Å²) in [4.78, 5) is 4.44. The lowest BCUT2D eigenvalue weighted by molar-refractivity contribution is 0.812. The van der Waals surface area contributed by atoms with E-state index in [2.05, 4.69) is 16.4 Å². The van der Waals surface area contributed by atoms with Crippen molar-refractivity contribution in [3.8, 4) is 6.07 Å². The number of allylic oxidation sites excluding steroid dienone is 3. The van der Waals surface area contributed by atoms with Crippen LogP contribution in [0.25, 0.3) is 0 Å². The zero-order valence-corrected chi connectivity index (χ0v) is 10.9. The number of nitrogens with one attached hydrogen (secondary N) is 1. The number of amidine groups is 1. The van der Waals surface area contributed by atoms with Crippen molar-refractivity contribution in [1.29, 1.82) is 5.26 Å². The number of fused-ring (bicyclic) bond motifs is 3. The first-order valence-corrected chi connectivity index (χ1v) is 6.15. The van der Waals surface area contributed by atoms with Crippen LogP contribution in [-0.4, -0.2) is 5.84 Å². The molecule has 0 saturated carbocycles. The van der Waals surface area contributed by atoms with Crippen molar-refractivity contribution in [1.82, 2.24) is 5.32 Å². The van der Waals surface area contributed by atoms with Gasteiger partial charge in [-0.25, -0.2) is 4.99 Å². The van der Waals surface area contributed by atoms with Crippen molar-refractivity contribution in [3.63, 3.8) is 0 Å². The Kier molecular flexibility index (Phi) is 2.42. The van der Waals surface area contributed by atoms with Gasteiger partial charge in [-0.1, -0.05) is 18.2 Å². The van der Waals surface area contributed by atoms with Crippen LogP contribution in [0.3, 0.4) is 0 Å². The highest BCUT2D eigenvalue weighted by molar-refractivity contribution is 6.04. The molecule has 2 heterocycles. The van der Waals surface area contributed by atoms with E-state index in [4.69, 9.17) is 5.73 Å². The maximum atomic E-state index is 9.45. The van der Waals surface area contributed by atoms with Crippen LogP contribution >= 0.6 is 0 Å². The van der Waals surface area contributed by atoms with Crippen LogP contribution in [0.1, 0.15) is 25.3 Å². The Bertz CT molecular complexity index is 701. The fourth-order valence-electron chi connectivity index (χ4n) is 2.82. The van der Waals surface area contributed by atoms with E-state index in [1.165, 1.54) is 0 Å². The van der Waals surface area contributed by atoms with E-state index in [-0.39, 0.29) is 5.92 Å². The third-order valence-electron chi connectivity index (χ3n) is 3.65. The molecule has 2 aliphatic rings. The molecule has 2 aliphatic heterocycles. The number of aliphatic imine (C=N–C) groups is 1. The summed E-state index contributed by atoms with van der Waals surface area (Å²) >= 11 is 0. The summed E-state index contributed by atoms with van der Waals surface area (Å²) in [6.07, 6.45) is 0. The quantitative estimate of drug-likeness (QED) is 0.742. The van der Waals surface area contributed by atoms with Crippen LogP contribution in [-0.2, 0) is 0 Å². The Balaban J connectivity index is 2.32. The van der Waals surface area contributed by atoms with Crippen molar-refractivity contribution in [2.45, 2.75) is 19.8 Å². The Morgan fingerprint density at radius 1 is 1.26 bits per heavy atom. The number of nitrogens with zero attached hydrogens (tertiary/aromatic N) is 2. The first-order chi connectivity index (χ1) is 9.13. The van der Waals surface area contributed by atoms with Crippen molar-refractivity contribution >= 4 is 11.5 Å². The Morgan fingerprint density at radius 2 is 2.00 bits per heavy atom. The highest BCUT2D eigenvalue weighted by Gasteiger charge is 2.34. The Labute approximate surface area is 112 Å². The molecule has 0 aromatic heterocycles. The molecular weight excluding hydrogens is 236 g/mol. The predicted molar refractivity (Wildman–Crippen MR) is 74.6 cm³/mol. The van der Waals surface area contributed by atoms with Crippen molar-refractivity contribution in [2.24, 2.45) is 10.7 Å². The number of benzene rings is 1. The number of dihydropyridines is 1. The molecule has 0 unspecified atom stereocenters. The standard InChI is InChI=1S/C15H14N4/c1-8-11(7-16)14-10-5-3-4-6-12(10)19-15(17)13(14)9(2)18-8/h3-6,14,18H,1-2H3,(H2,17,19)/t14-/m1/s1. The van der Waals surface area contributed by atoms with Crippen LogP contribution in [0.4, 0.5) is 5.69 Å². The van der Waals surface area contributed by atoms with Crippen LogP contribution in [0, 0.1) is 11.3 Å². The van der Waals surface area contributed by atoms with Gasteiger partial charge in [0.05, 0.1) is 23.2 Å². The molecule has 0 fully saturated rings. The number of hydrogen-bond donors (Lipinski definition) is 2. The van der Waals surface area contributed by atoms with Gasteiger partial charge in [-0.05, 0) is 25.5 Å². The van der Waals surface area contributed by atoms with E-state index in [0.29, 0.717) is 11.4 Å². The topological polar surface area (TPSA) is 74.2 Å². The minimum absolute atomic E-state index is 0.0973. The maximum Gasteiger partial charge on any atom is 0.130 e. The first kappa shape index (κ1) is 11.5. The minimum Gasteiger partial charge on any atom is -0.383 e. The number of rotatable bonds is 0. The second-order valence-electron chi connectivity index (χ2n) is 4.80. The summed E-state index contributed by atoms with van der Waals surface area (Å²) in [5, 5.41) is 12.7. The summed E-state index contributed by atoms with van der Waals surface area (Å²) < 4.78 is 0. The van der Waals surface area contributed by atoms with Crippen molar-refractivity contribution in [2.75, 3.05) is 0 Å². The summed E-state index contributed by atoms with van der Waals surface area (Å²) in [6, 6.07) is 10.2. The molecule has 3 rings (SSSR count). The van der Waals surface area contributed by atoms with E-state index in [0.717, 1.165) is 28.2 Å². The fraction of sp³-hybridized carbons (Fsp3) is 0.200. The van der Waals surface area contributed by atoms with Gasteiger partial charge in [-0.15, -0.1) is 0 Å². The van der Waals surface area contributed by atoms with Gasteiger partial charge in [0.1, 0.15) is 5.84 Å². The van der Waals surface area contributed by atoms with Gasteiger partial charge in [0, 0.05) is 17.0 Å². The second-order valence-corrected chi connectivity index (χ2v) is 4.80. The number of nitrogens with two attached hydrogens (primary N) is 1. The molecule has 0 aliphatic carbocycles. The summed E-state index contributed by atoms with van der Waals surface area (Å²) in [6.45, 7) is 3.89. The largest absolute Gasteiger partial charge is 0.383 e. The second kappa shape index (κ2) is 3.99. The molecule has 4 heteroatoms. The van der Waals surface area contributed by atoms with Crippen LogP contribution < -0.4 is 11.1 Å². The normalized spacial score (nSPS) is 21.1. The molecular formula is C15H14N4. The molecule has 0 spiro atoms. The molecule has 0 radical (unpaired) electrons. The third-order valence-corrected chi connectivity index (χ3v) is 3.65. The molecule has 0 saturated heterocycles. The molecule has 0 amide bonds. The van der Waals surface area contributed by atoms with Gasteiger partial charge in [0.25, 0.3) is 0 Å². The highest BCUT2D eigenvalue weighted by Crippen LogP contribution is 2.44. The van der Waals surface area contributed by atoms with Crippen molar-refractivity contribution < 1.29 is 0 Å². The SMILES string of the molecule is CC1=C(C#N)[C@@H]2C(=C(C)N1)C(N)=Nc1ccccc12. The summed E-state index contributed by atoms with van der Waals surface area (Å²) in [7, 11) is 0. The summed E-state index contributed by atoms with van der Waals surface area (Å²) in [5.74, 6) is 0.397. The minimum atomic E-state index is -0.0973. The van der Waals surface area contributed by atoms with E-state index >= 15 is 0 Å². The molecule has 94 valence electrons. The number of hydrogen-bond acceptors (Lipinski definition) is 4. The number of para-hydroxylation sites is 1. The van der Waals surface area contributed by atoms with Gasteiger partial charge in [0.2, 0.25) is 0 Å². The molecule has 19 heavy (non-hydrogen) atoms. The molecule has 3 N–H and O–H groups in total.